The summed E-state index contributed by atoms with van der Waals surface area (Å²) in [5.74, 6) is -0.250. The fraction of sp³-hybridized carbons (Fsp3) is 0.333. The highest BCUT2D eigenvalue weighted by Gasteiger charge is 2.15. The normalized spacial score (nSPS) is 19.0. The number of esters is 1. The van der Waals surface area contributed by atoms with Gasteiger partial charge in [0.05, 0.1) is 0 Å². The van der Waals surface area contributed by atoms with Crippen LogP contribution < -0.4 is 0 Å². The van der Waals surface area contributed by atoms with Crippen LogP contribution in [0.1, 0.15) is 13.3 Å². The predicted molar refractivity (Wildman–Crippen MR) is 29.5 cm³/mol. The van der Waals surface area contributed by atoms with Gasteiger partial charge >= 0.3 is 5.97 Å². The highest BCUT2D eigenvalue weighted by Crippen LogP contribution is 2.06. The van der Waals surface area contributed by atoms with E-state index in [1.165, 1.54) is 6.08 Å². The first-order valence-corrected chi connectivity index (χ1v) is 2.60. The van der Waals surface area contributed by atoms with Crippen molar-refractivity contribution in [2.75, 3.05) is 0 Å². The van der Waals surface area contributed by atoms with Crippen molar-refractivity contribution < 1.29 is 14.3 Å². The Hall–Kier alpha value is -1.12. The number of carbonyl (C=O) groups excluding carboxylic acids is 2. The van der Waals surface area contributed by atoms with Crippen LogP contribution in [0.5, 0.6) is 0 Å². The van der Waals surface area contributed by atoms with E-state index in [0.717, 1.165) is 0 Å². The number of hydrogen-bond donors (Lipinski definition) is 0. The molecule has 0 N–H and O–H groups in total. The fourth-order valence-corrected chi connectivity index (χ4v) is 0.665. The first kappa shape index (κ1) is 6.01. The molecule has 0 radical (unpaired) electrons. The van der Waals surface area contributed by atoms with Crippen LogP contribution in [0.15, 0.2) is 11.8 Å². The molecule has 0 aromatic rings. The Morgan fingerprint density at radius 1 is 1.56 bits per heavy atom. The van der Waals surface area contributed by atoms with Crippen molar-refractivity contribution in [3.05, 3.63) is 11.8 Å². The number of ketones is 1. The molecule has 0 aromatic heterocycles. The average Bonchev–Trinajstić information content (AvgIpc) is 1.59. The van der Waals surface area contributed by atoms with Crippen molar-refractivity contribution in [3.63, 3.8) is 0 Å². The van der Waals surface area contributed by atoms with Crippen LogP contribution in [-0.2, 0) is 14.3 Å². The van der Waals surface area contributed by atoms with Gasteiger partial charge in [-0.2, -0.15) is 0 Å². The number of rotatable bonds is 0. The SMILES string of the molecule is CC1=CC(=O)CC(=O)O1. The Kier molecular flexibility index (Phi) is 1.34. The van der Waals surface area contributed by atoms with E-state index < -0.39 is 5.97 Å². The maximum Gasteiger partial charge on any atom is 0.318 e. The minimum Gasteiger partial charge on any atom is -0.431 e. The molecule has 0 saturated carbocycles. The first-order valence-electron chi connectivity index (χ1n) is 2.60. The lowest BCUT2D eigenvalue weighted by Gasteiger charge is -2.06. The van der Waals surface area contributed by atoms with Crippen molar-refractivity contribution in [1.82, 2.24) is 0 Å². The van der Waals surface area contributed by atoms with E-state index >= 15 is 0 Å². The Bertz CT molecular complexity index is 190. The van der Waals surface area contributed by atoms with Gasteiger partial charge in [-0.05, 0) is 6.92 Å². The molecule has 3 heteroatoms. The van der Waals surface area contributed by atoms with Crippen molar-refractivity contribution in [1.29, 1.82) is 0 Å². The van der Waals surface area contributed by atoms with Gasteiger partial charge in [0.2, 0.25) is 0 Å². The maximum atomic E-state index is 10.5. The lowest BCUT2D eigenvalue weighted by atomic mass is 10.2. The van der Waals surface area contributed by atoms with E-state index in [0.29, 0.717) is 5.76 Å². The molecule has 0 aliphatic carbocycles. The number of ether oxygens (including phenoxy) is 1. The summed E-state index contributed by atoms with van der Waals surface area (Å²) in [5, 5.41) is 0. The van der Waals surface area contributed by atoms with Crippen LogP contribution in [0.4, 0.5) is 0 Å². The van der Waals surface area contributed by atoms with Gasteiger partial charge in [-0.25, -0.2) is 0 Å². The minimum atomic E-state index is -0.458. The van der Waals surface area contributed by atoms with Crippen LogP contribution in [0, 0.1) is 0 Å². The van der Waals surface area contributed by atoms with Gasteiger partial charge < -0.3 is 4.74 Å². The minimum absolute atomic E-state index is 0.114. The molecule has 0 bridgehead atoms. The van der Waals surface area contributed by atoms with E-state index in [9.17, 15) is 9.59 Å². The molecule has 1 rings (SSSR count). The Labute approximate surface area is 52.3 Å². The summed E-state index contributed by atoms with van der Waals surface area (Å²) < 4.78 is 4.56. The molecular formula is C6H6O3. The summed E-state index contributed by atoms with van der Waals surface area (Å²) in [5.41, 5.74) is 0. The molecule has 0 aromatic carbocycles. The molecule has 48 valence electrons. The molecule has 1 aliphatic heterocycles. The Morgan fingerprint density at radius 3 is 2.67 bits per heavy atom. The zero-order valence-corrected chi connectivity index (χ0v) is 5.01. The summed E-state index contributed by atoms with van der Waals surface area (Å²) in [4.78, 5) is 20.9. The third-order valence-electron chi connectivity index (χ3n) is 0.958. The second-order valence-corrected chi connectivity index (χ2v) is 1.87. The van der Waals surface area contributed by atoms with Crippen LogP contribution in [0.25, 0.3) is 0 Å². The van der Waals surface area contributed by atoms with Crippen LogP contribution in [0.2, 0.25) is 0 Å². The van der Waals surface area contributed by atoms with E-state index in [1.807, 2.05) is 0 Å². The van der Waals surface area contributed by atoms with Crippen LogP contribution >= 0.6 is 0 Å². The topological polar surface area (TPSA) is 43.4 Å². The zero-order valence-electron chi connectivity index (χ0n) is 5.01. The summed E-state index contributed by atoms with van der Waals surface area (Å²) in [7, 11) is 0. The van der Waals surface area contributed by atoms with Gasteiger partial charge in [-0.15, -0.1) is 0 Å². The van der Waals surface area contributed by atoms with E-state index in [1.54, 1.807) is 6.92 Å². The van der Waals surface area contributed by atoms with Crippen molar-refractivity contribution in [3.8, 4) is 0 Å². The first-order chi connectivity index (χ1) is 4.18. The lowest BCUT2D eigenvalue weighted by Crippen LogP contribution is -2.14. The predicted octanol–water partition coefficient (Wildman–Crippen LogP) is 0.406. The molecule has 9 heavy (non-hydrogen) atoms. The van der Waals surface area contributed by atoms with Gasteiger partial charge in [0.25, 0.3) is 0 Å². The standard InChI is InChI=1S/C6H6O3/c1-4-2-5(7)3-6(8)9-4/h2H,3H2,1H3. The summed E-state index contributed by atoms with van der Waals surface area (Å²) >= 11 is 0. The molecule has 0 unspecified atom stereocenters. The van der Waals surface area contributed by atoms with E-state index in [-0.39, 0.29) is 12.2 Å². The second kappa shape index (κ2) is 2.01. The van der Waals surface area contributed by atoms with Gasteiger partial charge in [0, 0.05) is 6.08 Å². The maximum absolute atomic E-state index is 10.5. The van der Waals surface area contributed by atoms with Crippen molar-refractivity contribution in [2.24, 2.45) is 0 Å². The second-order valence-electron chi connectivity index (χ2n) is 1.87. The van der Waals surface area contributed by atoms with Crippen LogP contribution in [0.3, 0.4) is 0 Å². The number of allylic oxidation sites excluding steroid dienone is 2. The summed E-state index contributed by atoms with van der Waals surface area (Å²) in [6.07, 6.45) is 1.21. The van der Waals surface area contributed by atoms with Crippen molar-refractivity contribution >= 4 is 11.8 Å². The molecule has 0 atom stereocenters. The molecular weight excluding hydrogens is 120 g/mol. The largest absolute Gasteiger partial charge is 0.431 e. The third kappa shape index (κ3) is 1.38. The third-order valence-corrected chi connectivity index (χ3v) is 0.958. The Morgan fingerprint density at radius 2 is 2.22 bits per heavy atom. The number of hydrogen-bond acceptors (Lipinski definition) is 3. The fourth-order valence-electron chi connectivity index (χ4n) is 0.665. The molecule has 3 nitrogen and oxygen atoms in total. The van der Waals surface area contributed by atoms with Gasteiger partial charge in [-0.3, -0.25) is 9.59 Å². The highest BCUT2D eigenvalue weighted by atomic mass is 16.5. The molecule has 0 fully saturated rings. The molecule has 1 aliphatic rings. The van der Waals surface area contributed by atoms with Gasteiger partial charge in [-0.1, -0.05) is 0 Å². The summed E-state index contributed by atoms with van der Waals surface area (Å²) in [6, 6.07) is 0. The van der Waals surface area contributed by atoms with E-state index in [2.05, 4.69) is 4.74 Å². The number of carbonyl (C=O) groups is 2. The van der Waals surface area contributed by atoms with Crippen LogP contribution in [-0.4, -0.2) is 11.8 Å². The Balaban J connectivity index is 2.79. The molecule has 0 amide bonds. The zero-order chi connectivity index (χ0) is 6.85. The van der Waals surface area contributed by atoms with Crippen molar-refractivity contribution in [2.45, 2.75) is 13.3 Å². The highest BCUT2D eigenvalue weighted by molar-refractivity contribution is 6.04. The molecule has 0 saturated heterocycles. The molecule has 1 heterocycles. The van der Waals surface area contributed by atoms with Gasteiger partial charge in [0.15, 0.2) is 5.78 Å². The smallest absolute Gasteiger partial charge is 0.318 e. The lowest BCUT2D eigenvalue weighted by molar-refractivity contribution is -0.143. The monoisotopic (exact) mass is 126 g/mol. The molecule has 0 spiro atoms. The van der Waals surface area contributed by atoms with E-state index in [4.69, 9.17) is 0 Å². The quantitative estimate of drug-likeness (QED) is 0.348. The number of cyclic esters (lactones) is 1. The van der Waals surface area contributed by atoms with Gasteiger partial charge in [0.1, 0.15) is 12.2 Å². The average molecular weight is 126 g/mol. The summed E-state index contributed by atoms with van der Waals surface area (Å²) in [6.45, 7) is 1.58.